The third-order valence-electron chi connectivity index (χ3n) is 9.07. The number of aliphatic hydroxyl groups is 3. The maximum Gasteiger partial charge on any atom is 0.307 e. The zero-order valence-corrected chi connectivity index (χ0v) is 23.2. The average Bonchev–Trinajstić information content (AvgIpc) is 3.42. The molecule has 12 heteroatoms. The van der Waals surface area contributed by atoms with E-state index in [1.54, 1.807) is 19.1 Å². The molecule has 0 bridgehead atoms. The summed E-state index contributed by atoms with van der Waals surface area (Å²) < 4.78 is 6.03. The van der Waals surface area contributed by atoms with Gasteiger partial charge in [-0.05, 0) is 57.6 Å². The van der Waals surface area contributed by atoms with Gasteiger partial charge in [0, 0.05) is 18.0 Å². The fourth-order valence-corrected chi connectivity index (χ4v) is 7.16. The number of likely N-dealkylation sites (N-methyl/N-ethyl adjacent to an activating group) is 1. The number of rotatable bonds is 6. The van der Waals surface area contributed by atoms with E-state index in [2.05, 4.69) is 4.90 Å². The van der Waals surface area contributed by atoms with Crippen LogP contribution in [0.5, 0.6) is 5.75 Å². The lowest BCUT2D eigenvalue weighted by Gasteiger charge is -2.54. The zero-order valence-electron chi connectivity index (χ0n) is 23.2. The smallest absolute Gasteiger partial charge is 0.307 e. The molecule has 12 nitrogen and oxygen atoms in total. The van der Waals surface area contributed by atoms with Crippen LogP contribution < -0.4 is 5.73 Å². The number of nitrogens with two attached hydrogens (primary N) is 1. The molecular formula is C29H35N3O9. The lowest BCUT2D eigenvalue weighted by atomic mass is 9.55. The molecule has 0 spiro atoms. The third kappa shape index (κ3) is 4.23. The molecule has 0 unspecified atom stereocenters. The lowest BCUT2D eigenvalue weighted by Crippen LogP contribution is -2.69. The highest BCUT2D eigenvalue weighted by molar-refractivity contribution is 6.25. The Labute approximate surface area is 236 Å². The van der Waals surface area contributed by atoms with Crippen LogP contribution in [0.15, 0.2) is 40.9 Å². The summed E-state index contributed by atoms with van der Waals surface area (Å²) in [6, 6.07) is 3.19. The topological polar surface area (TPSA) is 191 Å². The van der Waals surface area contributed by atoms with E-state index >= 15 is 0 Å². The van der Waals surface area contributed by atoms with Crippen molar-refractivity contribution in [3.63, 3.8) is 0 Å². The van der Waals surface area contributed by atoms with Crippen LogP contribution in [-0.2, 0) is 19.1 Å². The summed E-state index contributed by atoms with van der Waals surface area (Å²) in [7, 11) is 3.03. The first kappa shape index (κ1) is 28.8. The van der Waals surface area contributed by atoms with Crippen molar-refractivity contribution in [2.75, 3.05) is 33.7 Å². The number of aromatic hydroxyl groups is 1. The summed E-state index contributed by atoms with van der Waals surface area (Å²) in [6.07, 6.45) is 0.636. The number of phenols is 1. The van der Waals surface area contributed by atoms with Crippen LogP contribution in [0, 0.1) is 11.8 Å². The van der Waals surface area contributed by atoms with Crippen molar-refractivity contribution in [2.45, 2.75) is 49.9 Å². The van der Waals surface area contributed by atoms with Gasteiger partial charge in [-0.25, -0.2) is 0 Å². The number of carbonyl (C=O) groups is 4. The number of carbonyl (C=O) groups excluding carboxylic acids is 4. The largest absolute Gasteiger partial charge is 0.510 e. The van der Waals surface area contributed by atoms with Crippen molar-refractivity contribution in [3.05, 3.63) is 52.0 Å². The zero-order chi connectivity index (χ0) is 30.0. The number of nitrogens with zero attached hydrogens (tertiary/aromatic N) is 2. The van der Waals surface area contributed by atoms with E-state index in [1.807, 2.05) is 0 Å². The molecule has 1 heterocycles. The SMILES string of the molecule is C[C@@H]1c2cccc(O)c2C(=O)C2=C(O)[C@@]3(O)C(=O)C(C(N)=O)=C(O)[C@H](N(C)C)[C@H]3[C@H](OC(=O)CCN3CCCC3)[C@H]21. The molecule has 0 aromatic heterocycles. The normalized spacial score (nSPS) is 31.7. The monoisotopic (exact) mass is 569 g/mol. The van der Waals surface area contributed by atoms with E-state index < -0.39 is 81.6 Å². The number of ether oxygens (including phenoxy) is 1. The maximum absolute atomic E-state index is 13.9. The number of aliphatic hydroxyl groups excluding tert-OH is 2. The minimum Gasteiger partial charge on any atom is -0.510 e. The molecule has 4 aliphatic rings. The van der Waals surface area contributed by atoms with Gasteiger partial charge in [-0.2, -0.15) is 0 Å². The van der Waals surface area contributed by atoms with Crippen molar-refractivity contribution < 1.29 is 44.3 Å². The van der Waals surface area contributed by atoms with Gasteiger partial charge in [0.2, 0.25) is 5.78 Å². The van der Waals surface area contributed by atoms with Crippen molar-refractivity contribution in [3.8, 4) is 5.75 Å². The molecule has 6 N–H and O–H groups in total. The molecule has 1 aromatic carbocycles. The van der Waals surface area contributed by atoms with Crippen molar-refractivity contribution in [2.24, 2.45) is 17.6 Å². The summed E-state index contributed by atoms with van der Waals surface area (Å²) in [4.78, 5) is 56.8. The van der Waals surface area contributed by atoms with Gasteiger partial charge in [0.1, 0.15) is 28.9 Å². The molecule has 0 saturated carbocycles. The standard InChI is InChI=1S/C29H35N3O9/c1-13-14-7-6-8-15(33)18(14)23(35)19-17(13)25(41-16(34)9-12-32-10-4-5-11-32)21-22(31(2)3)24(36)20(28(30)39)27(38)29(21,40)26(19)37/h6-8,13,17,21-22,25,33,36-37,40H,4-5,9-12H2,1-3H3,(H2,30,39)/t13-,17+,21+,22-,25-,29-/m1/s1. The molecule has 1 fully saturated rings. The third-order valence-corrected chi connectivity index (χ3v) is 9.07. The summed E-state index contributed by atoms with van der Waals surface area (Å²) >= 11 is 0. The number of amides is 1. The number of ketones is 2. The highest BCUT2D eigenvalue weighted by Crippen LogP contribution is 2.56. The fourth-order valence-electron chi connectivity index (χ4n) is 7.16. The summed E-state index contributed by atoms with van der Waals surface area (Å²) in [5.74, 6) is -9.58. The van der Waals surface area contributed by atoms with Crippen LogP contribution in [0.3, 0.4) is 0 Å². The Morgan fingerprint density at radius 3 is 2.41 bits per heavy atom. The van der Waals surface area contributed by atoms with Gasteiger partial charge in [0.05, 0.1) is 23.9 Å². The van der Waals surface area contributed by atoms with Crippen LogP contribution >= 0.6 is 0 Å². The molecule has 41 heavy (non-hydrogen) atoms. The number of benzene rings is 1. The van der Waals surface area contributed by atoms with Gasteiger partial charge in [-0.3, -0.25) is 24.1 Å². The highest BCUT2D eigenvalue weighted by atomic mass is 16.5. The van der Waals surface area contributed by atoms with E-state index in [9.17, 15) is 39.6 Å². The Kier molecular flexibility index (Phi) is 7.21. The van der Waals surface area contributed by atoms with E-state index in [0.29, 0.717) is 12.1 Å². The predicted octanol–water partition coefficient (Wildman–Crippen LogP) is 0.689. The number of esters is 1. The van der Waals surface area contributed by atoms with Gasteiger partial charge >= 0.3 is 5.97 Å². The molecular weight excluding hydrogens is 534 g/mol. The second kappa shape index (κ2) is 10.3. The van der Waals surface area contributed by atoms with Crippen molar-refractivity contribution in [1.29, 1.82) is 0 Å². The Hall–Kier alpha value is -3.74. The molecule has 1 amide bonds. The minimum atomic E-state index is -2.95. The average molecular weight is 570 g/mol. The van der Waals surface area contributed by atoms with Gasteiger partial charge in [-0.1, -0.05) is 19.1 Å². The number of fused-ring (bicyclic) bond motifs is 3. The number of primary amides is 1. The second-order valence-electron chi connectivity index (χ2n) is 11.6. The maximum atomic E-state index is 13.9. The van der Waals surface area contributed by atoms with Gasteiger partial charge < -0.3 is 35.8 Å². The Morgan fingerprint density at radius 1 is 1.15 bits per heavy atom. The quantitative estimate of drug-likeness (QED) is 0.239. The molecule has 5 rings (SSSR count). The second-order valence-corrected chi connectivity index (χ2v) is 11.6. The minimum absolute atomic E-state index is 0.00592. The number of phenolic OH excluding ortho intramolecular Hbond substituents is 1. The number of hydrogen-bond donors (Lipinski definition) is 5. The fraction of sp³-hybridized carbons (Fsp3) is 0.517. The molecule has 1 aliphatic heterocycles. The number of likely N-dealkylation sites (tertiary alicyclic amines) is 1. The van der Waals surface area contributed by atoms with E-state index in [0.717, 1.165) is 25.9 Å². The highest BCUT2D eigenvalue weighted by Gasteiger charge is 2.68. The van der Waals surface area contributed by atoms with Crippen LogP contribution in [0.2, 0.25) is 0 Å². The van der Waals surface area contributed by atoms with Gasteiger partial charge in [-0.15, -0.1) is 0 Å². The van der Waals surface area contributed by atoms with Crippen molar-refractivity contribution in [1.82, 2.24) is 9.80 Å². The van der Waals surface area contributed by atoms with Crippen LogP contribution in [0.25, 0.3) is 0 Å². The lowest BCUT2D eigenvalue weighted by molar-refractivity contribution is -0.181. The van der Waals surface area contributed by atoms with Gasteiger partial charge in [0.25, 0.3) is 5.91 Å². The molecule has 0 radical (unpaired) electrons. The Balaban J connectivity index is 1.71. The molecule has 1 saturated heterocycles. The number of hydrogen-bond acceptors (Lipinski definition) is 11. The van der Waals surface area contributed by atoms with E-state index in [1.165, 1.54) is 25.1 Å². The van der Waals surface area contributed by atoms with Gasteiger partial charge in [0.15, 0.2) is 11.4 Å². The Morgan fingerprint density at radius 2 is 1.80 bits per heavy atom. The molecule has 6 atom stereocenters. The van der Waals surface area contributed by atoms with Crippen LogP contribution in [0.1, 0.15) is 48.0 Å². The Bertz CT molecular complexity index is 1390. The summed E-state index contributed by atoms with van der Waals surface area (Å²) in [5.41, 5.74) is 1.46. The van der Waals surface area contributed by atoms with E-state index in [4.69, 9.17) is 10.5 Å². The molecule has 220 valence electrons. The van der Waals surface area contributed by atoms with E-state index in [-0.39, 0.29) is 17.7 Å². The van der Waals surface area contributed by atoms with Crippen molar-refractivity contribution >= 4 is 23.4 Å². The number of Topliss-reactive ketones (excluding diaryl/α,β-unsaturated/α-hetero) is 2. The van der Waals surface area contributed by atoms with Crippen LogP contribution in [-0.4, -0.2) is 105 Å². The first-order chi connectivity index (χ1) is 19.3. The van der Waals surface area contributed by atoms with Crippen LogP contribution in [0.4, 0.5) is 0 Å². The first-order valence-corrected chi connectivity index (χ1v) is 13.7. The molecule has 1 aromatic rings. The molecule has 3 aliphatic carbocycles. The summed E-state index contributed by atoms with van der Waals surface area (Å²) in [5, 5.41) is 45.4. The predicted molar refractivity (Wildman–Crippen MR) is 144 cm³/mol. The first-order valence-electron chi connectivity index (χ1n) is 13.7. The summed E-state index contributed by atoms with van der Waals surface area (Å²) in [6.45, 7) is 3.84.